The van der Waals surface area contributed by atoms with E-state index in [1.807, 2.05) is 0 Å². The Morgan fingerprint density at radius 2 is 0.915 bits per heavy atom. The summed E-state index contributed by atoms with van der Waals surface area (Å²) in [5.74, 6) is 0. The number of benzene rings is 9. The van der Waals surface area contributed by atoms with Crippen LogP contribution < -0.4 is 4.90 Å². The van der Waals surface area contributed by atoms with Crippen LogP contribution in [-0.2, 0) is 5.41 Å². The van der Waals surface area contributed by atoms with Crippen molar-refractivity contribution in [2.24, 2.45) is 0 Å². The van der Waals surface area contributed by atoms with Gasteiger partial charge in [-0.2, -0.15) is 0 Å². The lowest BCUT2D eigenvalue weighted by Gasteiger charge is -2.30. The number of rotatable bonds is 7. The molecule has 0 saturated carbocycles. The van der Waals surface area contributed by atoms with Crippen LogP contribution in [0, 0.1) is 0 Å². The van der Waals surface area contributed by atoms with E-state index in [9.17, 15) is 0 Å². The molecule has 0 radical (unpaired) electrons. The maximum Gasteiger partial charge on any atom is 0.0561 e. The predicted octanol–water partition coefficient (Wildman–Crippen LogP) is 15.6. The van der Waals surface area contributed by atoms with Gasteiger partial charge >= 0.3 is 0 Å². The van der Waals surface area contributed by atoms with Gasteiger partial charge in [0.2, 0.25) is 0 Å². The molecule has 2 heteroatoms. The van der Waals surface area contributed by atoms with E-state index in [0.29, 0.717) is 0 Å². The molecule has 10 aromatic rings. The topological polar surface area (TPSA) is 8.17 Å². The zero-order valence-electron chi connectivity index (χ0n) is 33.2. The Morgan fingerprint density at radius 1 is 0.373 bits per heavy atom. The molecule has 0 fully saturated rings. The normalized spacial score (nSPS) is 12.7. The molecule has 1 aliphatic rings. The molecule has 59 heavy (non-hydrogen) atoms. The predicted molar refractivity (Wildman–Crippen MR) is 249 cm³/mol. The Labute approximate surface area is 345 Å². The third-order valence-electron chi connectivity index (χ3n) is 12.4. The van der Waals surface area contributed by atoms with Gasteiger partial charge < -0.3 is 9.47 Å². The monoisotopic (exact) mass is 754 g/mol. The minimum atomic E-state index is -0.106. The zero-order valence-corrected chi connectivity index (χ0v) is 33.2. The summed E-state index contributed by atoms with van der Waals surface area (Å²) < 4.78 is 2.41. The minimum Gasteiger partial charge on any atom is -0.310 e. The van der Waals surface area contributed by atoms with Crippen molar-refractivity contribution < 1.29 is 0 Å². The van der Waals surface area contributed by atoms with Crippen LogP contribution in [0.2, 0.25) is 0 Å². The first-order valence-corrected chi connectivity index (χ1v) is 20.5. The van der Waals surface area contributed by atoms with E-state index in [2.05, 4.69) is 242 Å². The standard InChI is InChI=1S/C57H42N2/c1-57(2)50-28-14-12-25-49(50)56-48(26-16-29-51(56)57)47-27-17-31-53(55(47)41-20-8-4-9-21-41)58(43-34-32-40(33-35-43)39-18-6-3-7-19-39)44-36-37-46-45-24-13-15-30-52(45)59(54(46)38-44)42-22-10-5-11-23-42/h3-38H,1-2H3. The molecule has 1 aromatic heterocycles. The second-order valence-corrected chi connectivity index (χ2v) is 16.1. The lowest BCUT2D eigenvalue weighted by molar-refractivity contribution is 0.660. The molecule has 9 aromatic carbocycles. The van der Waals surface area contributed by atoms with Crippen molar-refractivity contribution in [2.45, 2.75) is 19.3 Å². The van der Waals surface area contributed by atoms with Gasteiger partial charge in [-0.15, -0.1) is 0 Å². The minimum absolute atomic E-state index is 0.106. The van der Waals surface area contributed by atoms with Crippen molar-refractivity contribution in [3.05, 3.63) is 230 Å². The number of aromatic nitrogens is 1. The summed E-state index contributed by atoms with van der Waals surface area (Å²) in [6, 6.07) is 79.9. The summed E-state index contributed by atoms with van der Waals surface area (Å²) in [6.07, 6.45) is 0. The smallest absolute Gasteiger partial charge is 0.0561 e. The molecule has 2 nitrogen and oxygen atoms in total. The number of para-hydroxylation sites is 2. The molecule has 0 N–H and O–H groups in total. The van der Waals surface area contributed by atoms with Gasteiger partial charge in [0.25, 0.3) is 0 Å². The van der Waals surface area contributed by atoms with Crippen molar-refractivity contribution in [1.29, 1.82) is 0 Å². The van der Waals surface area contributed by atoms with Crippen LogP contribution in [0.4, 0.5) is 17.1 Å². The van der Waals surface area contributed by atoms with Crippen molar-refractivity contribution in [1.82, 2.24) is 4.57 Å². The fraction of sp³-hybridized carbons (Fsp3) is 0.0526. The SMILES string of the molecule is CC1(C)c2ccccc2-c2c(-c3cccc(N(c4ccc(-c5ccccc5)cc4)c4ccc5c6ccccc6n(-c6ccccc6)c5c4)c3-c3ccccc3)cccc21. The Kier molecular flexibility index (Phi) is 8.20. The maximum absolute atomic E-state index is 2.47. The first-order chi connectivity index (χ1) is 29.1. The van der Waals surface area contributed by atoms with Gasteiger partial charge in [-0.1, -0.05) is 184 Å². The van der Waals surface area contributed by atoms with E-state index in [1.165, 1.54) is 71.9 Å². The van der Waals surface area contributed by atoms with E-state index >= 15 is 0 Å². The summed E-state index contributed by atoms with van der Waals surface area (Å²) in [5, 5.41) is 2.47. The fourth-order valence-electron chi connectivity index (χ4n) is 9.65. The van der Waals surface area contributed by atoms with Crippen molar-refractivity contribution in [2.75, 3.05) is 4.90 Å². The Balaban J connectivity index is 1.20. The average molecular weight is 755 g/mol. The summed E-state index contributed by atoms with van der Waals surface area (Å²) >= 11 is 0. The third kappa shape index (κ3) is 5.63. The lowest BCUT2D eigenvalue weighted by atomic mass is 9.81. The fourth-order valence-corrected chi connectivity index (χ4v) is 9.65. The second-order valence-electron chi connectivity index (χ2n) is 16.1. The summed E-state index contributed by atoms with van der Waals surface area (Å²) in [5.41, 5.74) is 19.3. The van der Waals surface area contributed by atoms with Crippen molar-refractivity contribution >= 4 is 38.9 Å². The number of anilines is 3. The number of hydrogen-bond acceptors (Lipinski definition) is 1. The van der Waals surface area contributed by atoms with E-state index in [1.54, 1.807) is 0 Å². The van der Waals surface area contributed by atoms with E-state index in [-0.39, 0.29) is 5.41 Å². The average Bonchev–Trinajstić information content (AvgIpc) is 3.75. The summed E-state index contributed by atoms with van der Waals surface area (Å²) in [4.78, 5) is 2.47. The van der Waals surface area contributed by atoms with E-state index in [4.69, 9.17) is 0 Å². The van der Waals surface area contributed by atoms with E-state index in [0.717, 1.165) is 28.3 Å². The van der Waals surface area contributed by atoms with Gasteiger partial charge in [0.1, 0.15) is 0 Å². The number of hydrogen-bond donors (Lipinski definition) is 0. The Hall–Kier alpha value is -7.42. The molecule has 0 bridgehead atoms. The first-order valence-electron chi connectivity index (χ1n) is 20.5. The molecule has 1 aliphatic carbocycles. The van der Waals surface area contributed by atoms with Gasteiger partial charge in [0.05, 0.1) is 16.7 Å². The number of fused-ring (bicyclic) bond motifs is 6. The molecule has 0 unspecified atom stereocenters. The second kappa shape index (κ2) is 13.9. The Morgan fingerprint density at radius 3 is 1.68 bits per heavy atom. The molecule has 11 rings (SSSR count). The largest absolute Gasteiger partial charge is 0.310 e. The van der Waals surface area contributed by atoms with E-state index < -0.39 is 0 Å². The Bertz CT molecular complexity index is 3160. The summed E-state index contributed by atoms with van der Waals surface area (Å²) in [7, 11) is 0. The zero-order chi connectivity index (χ0) is 39.5. The van der Waals surface area contributed by atoms with Crippen LogP contribution in [0.5, 0.6) is 0 Å². The molecule has 0 atom stereocenters. The van der Waals surface area contributed by atoms with Gasteiger partial charge in [-0.3, -0.25) is 0 Å². The van der Waals surface area contributed by atoms with Gasteiger partial charge in [-0.25, -0.2) is 0 Å². The van der Waals surface area contributed by atoms with Crippen LogP contribution in [0.3, 0.4) is 0 Å². The molecule has 0 aliphatic heterocycles. The number of nitrogens with zero attached hydrogens (tertiary/aromatic N) is 2. The summed E-state index contributed by atoms with van der Waals surface area (Å²) in [6.45, 7) is 4.73. The van der Waals surface area contributed by atoms with Crippen LogP contribution in [0.25, 0.3) is 72.0 Å². The molecular formula is C57H42N2. The van der Waals surface area contributed by atoms with Crippen LogP contribution in [0.15, 0.2) is 218 Å². The molecular weight excluding hydrogens is 713 g/mol. The van der Waals surface area contributed by atoms with Crippen molar-refractivity contribution in [3.8, 4) is 50.2 Å². The van der Waals surface area contributed by atoms with Crippen molar-refractivity contribution in [3.63, 3.8) is 0 Å². The highest BCUT2D eigenvalue weighted by Crippen LogP contribution is 2.54. The quantitative estimate of drug-likeness (QED) is 0.157. The highest BCUT2D eigenvalue weighted by Gasteiger charge is 2.37. The third-order valence-corrected chi connectivity index (χ3v) is 12.4. The highest BCUT2D eigenvalue weighted by molar-refractivity contribution is 6.11. The van der Waals surface area contributed by atoms with Gasteiger partial charge in [0, 0.05) is 38.8 Å². The van der Waals surface area contributed by atoms with Crippen LogP contribution >= 0.6 is 0 Å². The lowest BCUT2D eigenvalue weighted by Crippen LogP contribution is -2.14. The molecule has 1 heterocycles. The molecule has 0 amide bonds. The first kappa shape index (κ1) is 34.8. The molecule has 0 spiro atoms. The van der Waals surface area contributed by atoms with Gasteiger partial charge in [0.15, 0.2) is 0 Å². The van der Waals surface area contributed by atoms with Crippen LogP contribution in [0.1, 0.15) is 25.0 Å². The van der Waals surface area contributed by atoms with Gasteiger partial charge in [-0.05, 0) is 98.6 Å². The maximum atomic E-state index is 2.47. The molecule has 280 valence electrons. The molecule has 0 saturated heterocycles. The van der Waals surface area contributed by atoms with Crippen LogP contribution in [-0.4, -0.2) is 4.57 Å². The highest BCUT2D eigenvalue weighted by atomic mass is 15.1.